The molecule has 0 saturated carbocycles. The fourth-order valence-corrected chi connectivity index (χ4v) is 0.955. The van der Waals surface area contributed by atoms with Crippen molar-refractivity contribution < 1.29 is 14.3 Å². The molecule has 0 aromatic rings. The minimum Gasteiger partial charge on any atom is -0.392 e. The first kappa shape index (κ1) is 13.3. The van der Waals surface area contributed by atoms with E-state index in [1.54, 1.807) is 13.8 Å². The van der Waals surface area contributed by atoms with Crippen molar-refractivity contribution in [1.82, 2.24) is 0 Å². The van der Waals surface area contributed by atoms with Gasteiger partial charge in [0, 0.05) is 11.5 Å². The Balaban J connectivity index is 4.17. The Kier molecular flexibility index (Phi) is 6.36. The smallest absolute Gasteiger partial charge is 0.321 e. The number of nitrogens with one attached hydrogen (secondary N) is 1. The lowest BCUT2D eigenvalue weighted by molar-refractivity contribution is -0.163. The summed E-state index contributed by atoms with van der Waals surface area (Å²) >= 11 is 3.12. The summed E-state index contributed by atoms with van der Waals surface area (Å²) in [6, 6.07) is 0. The highest BCUT2D eigenvalue weighted by atomic mass is 79.9. The van der Waals surface area contributed by atoms with Crippen molar-refractivity contribution in [1.29, 1.82) is 5.41 Å². The minimum absolute atomic E-state index is 0.345. The molecule has 1 unspecified atom stereocenters. The number of rotatable bonds is 5. The normalized spacial score (nSPS) is 14.2. The summed E-state index contributed by atoms with van der Waals surface area (Å²) in [5, 5.41) is 7.40. The fourth-order valence-electron chi connectivity index (χ4n) is 0.691. The lowest BCUT2D eigenvalue weighted by Crippen LogP contribution is -2.25. The molecule has 0 aliphatic heterocycles. The quantitative estimate of drug-likeness (QED) is 0.356. The number of ether oxygens (including phenoxy) is 1. The van der Waals surface area contributed by atoms with Crippen molar-refractivity contribution in [2.45, 2.75) is 20.3 Å². The van der Waals surface area contributed by atoms with E-state index in [-0.39, 0.29) is 5.92 Å². The molecule has 0 saturated heterocycles. The van der Waals surface area contributed by atoms with Crippen LogP contribution in [-0.2, 0) is 14.3 Å². The average Bonchev–Trinajstić information content (AvgIpc) is 2.18. The highest BCUT2D eigenvalue weighted by Crippen LogP contribution is 2.07. The second-order valence-corrected chi connectivity index (χ2v) is 3.62. The van der Waals surface area contributed by atoms with Gasteiger partial charge in [0.25, 0.3) is 0 Å². The average molecular weight is 264 g/mol. The first-order valence-corrected chi connectivity index (χ1v) is 5.51. The van der Waals surface area contributed by atoms with Crippen molar-refractivity contribution in [2.24, 2.45) is 11.8 Å². The molecular formula is C9H14BrNO3. The number of carbonyl (C=O) groups excluding carboxylic acids is 2. The zero-order valence-corrected chi connectivity index (χ0v) is 9.83. The summed E-state index contributed by atoms with van der Waals surface area (Å²) < 4.78 is 4.59. The van der Waals surface area contributed by atoms with Gasteiger partial charge in [-0.05, 0) is 6.42 Å². The van der Waals surface area contributed by atoms with E-state index in [9.17, 15) is 9.59 Å². The Morgan fingerprint density at radius 1 is 1.50 bits per heavy atom. The molecule has 1 N–H and O–H groups in total. The molecule has 0 fully saturated rings. The summed E-state index contributed by atoms with van der Waals surface area (Å²) in [6.07, 6.45) is 1.46. The number of carbonyl (C=O) groups is 2. The Morgan fingerprint density at radius 2 is 2.07 bits per heavy atom. The molecule has 2 atom stereocenters. The van der Waals surface area contributed by atoms with Gasteiger partial charge >= 0.3 is 11.9 Å². The van der Waals surface area contributed by atoms with Crippen molar-refractivity contribution in [3.8, 4) is 0 Å². The maximum absolute atomic E-state index is 11.2. The van der Waals surface area contributed by atoms with Crippen LogP contribution in [0.5, 0.6) is 0 Å². The van der Waals surface area contributed by atoms with Crippen LogP contribution in [-0.4, -0.2) is 23.5 Å². The Labute approximate surface area is 91.6 Å². The second-order valence-electron chi connectivity index (χ2n) is 2.98. The summed E-state index contributed by atoms with van der Waals surface area (Å²) in [4.78, 5) is 22.4. The van der Waals surface area contributed by atoms with Gasteiger partial charge in [0.2, 0.25) is 0 Å². The second kappa shape index (κ2) is 6.70. The zero-order chi connectivity index (χ0) is 11.1. The first-order valence-electron chi connectivity index (χ1n) is 4.38. The Bertz CT molecular complexity index is 230. The van der Waals surface area contributed by atoms with E-state index in [0.29, 0.717) is 11.8 Å². The summed E-state index contributed by atoms with van der Waals surface area (Å²) in [5.74, 6) is -2.14. The number of alkyl halides is 1. The predicted molar refractivity (Wildman–Crippen MR) is 56.6 cm³/mol. The lowest BCUT2D eigenvalue weighted by Gasteiger charge is -2.10. The lowest BCUT2D eigenvalue weighted by atomic mass is 10.1. The molecule has 0 aromatic heterocycles. The van der Waals surface area contributed by atoms with Gasteiger partial charge in [-0.2, -0.15) is 0 Å². The maximum Gasteiger partial charge on any atom is 0.321 e. The Hall–Kier alpha value is -0.710. The molecule has 0 spiro atoms. The predicted octanol–water partition coefficient (Wildman–Crippen LogP) is 1.76. The van der Waals surface area contributed by atoms with E-state index in [1.807, 2.05) is 0 Å². The van der Waals surface area contributed by atoms with E-state index in [1.165, 1.54) is 0 Å². The van der Waals surface area contributed by atoms with Crippen LogP contribution < -0.4 is 0 Å². The van der Waals surface area contributed by atoms with Crippen LogP contribution in [0.4, 0.5) is 0 Å². The van der Waals surface area contributed by atoms with Crippen LogP contribution in [0.2, 0.25) is 0 Å². The standard InChI is InChI=1S/C9H14BrNO3/c1-3-7(5-11)9(13)14-8(12)6(2)4-10/h5-7,11H,3-4H2,1-2H3/t6-,7?/m0/s1. The van der Waals surface area contributed by atoms with Crippen LogP contribution >= 0.6 is 15.9 Å². The van der Waals surface area contributed by atoms with Crippen molar-refractivity contribution >= 4 is 34.1 Å². The van der Waals surface area contributed by atoms with Crippen molar-refractivity contribution in [3.05, 3.63) is 0 Å². The topological polar surface area (TPSA) is 67.2 Å². The van der Waals surface area contributed by atoms with Crippen molar-refractivity contribution in [3.63, 3.8) is 0 Å². The third kappa shape index (κ3) is 4.00. The van der Waals surface area contributed by atoms with Crippen LogP contribution in [0.25, 0.3) is 0 Å². The van der Waals surface area contributed by atoms with Gasteiger partial charge in [-0.15, -0.1) is 0 Å². The number of hydrogen-bond acceptors (Lipinski definition) is 4. The third-order valence-corrected chi connectivity index (χ3v) is 2.75. The van der Waals surface area contributed by atoms with E-state index in [0.717, 1.165) is 6.21 Å². The van der Waals surface area contributed by atoms with Crippen LogP contribution in [0, 0.1) is 17.2 Å². The maximum atomic E-state index is 11.2. The highest BCUT2D eigenvalue weighted by molar-refractivity contribution is 9.09. The van der Waals surface area contributed by atoms with E-state index in [2.05, 4.69) is 20.7 Å². The molecule has 0 amide bonds. The molecule has 80 valence electrons. The van der Waals surface area contributed by atoms with Crippen LogP contribution in [0.1, 0.15) is 20.3 Å². The molecule has 0 bridgehead atoms. The largest absolute Gasteiger partial charge is 0.392 e. The summed E-state index contributed by atoms with van der Waals surface area (Å²) in [5.41, 5.74) is 0. The minimum atomic E-state index is -0.639. The van der Waals surface area contributed by atoms with Crippen LogP contribution in [0.15, 0.2) is 0 Å². The number of hydrogen-bond donors (Lipinski definition) is 1. The molecule has 14 heavy (non-hydrogen) atoms. The molecule has 0 aliphatic rings. The number of halogens is 1. The molecular weight excluding hydrogens is 250 g/mol. The first-order chi connectivity index (χ1) is 6.56. The summed E-state index contributed by atoms with van der Waals surface area (Å²) in [6.45, 7) is 3.42. The molecule has 4 nitrogen and oxygen atoms in total. The van der Waals surface area contributed by atoms with Crippen molar-refractivity contribution in [2.75, 3.05) is 5.33 Å². The van der Waals surface area contributed by atoms with Gasteiger partial charge in [-0.25, -0.2) is 0 Å². The van der Waals surface area contributed by atoms with E-state index >= 15 is 0 Å². The molecule has 0 heterocycles. The summed E-state index contributed by atoms with van der Waals surface area (Å²) in [7, 11) is 0. The Morgan fingerprint density at radius 3 is 2.43 bits per heavy atom. The van der Waals surface area contributed by atoms with Crippen LogP contribution in [0.3, 0.4) is 0 Å². The third-order valence-electron chi connectivity index (χ3n) is 1.78. The van der Waals surface area contributed by atoms with Gasteiger partial charge < -0.3 is 10.1 Å². The molecule has 0 aliphatic carbocycles. The van der Waals surface area contributed by atoms with Gasteiger partial charge in [-0.1, -0.05) is 29.8 Å². The number of esters is 2. The van der Waals surface area contributed by atoms with Gasteiger partial charge in [0.15, 0.2) is 0 Å². The van der Waals surface area contributed by atoms with Gasteiger partial charge in [0.05, 0.1) is 11.8 Å². The monoisotopic (exact) mass is 263 g/mol. The zero-order valence-electron chi connectivity index (χ0n) is 8.25. The molecule has 0 rings (SSSR count). The van der Waals surface area contributed by atoms with E-state index in [4.69, 9.17) is 5.41 Å². The fraction of sp³-hybridized carbons (Fsp3) is 0.667. The molecule has 0 aromatic carbocycles. The molecule has 5 heteroatoms. The highest BCUT2D eigenvalue weighted by Gasteiger charge is 2.21. The van der Waals surface area contributed by atoms with Gasteiger partial charge in [-0.3, -0.25) is 9.59 Å². The molecule has 0 radical (unpaired) electrons. The van der Waals surface area contributed by atoms with E-state index < -0.39 is 17.9 Å². The van der Waals surface area contributed by atoms with Gasteiger partial charge in [0.1, 0.15) is 0 Å². The SMILES string of the molecule is CCC(C=N)C(=O)OC(=O)[C@@H](C)CBr.